The Morgan fingerprint density at radius 3 is 1.08 bits per heavy atom. The third-order valence-corrected chi connectivity index (χ3v) is 8.06. The van der Waals surface area contributed by atoms with Crippen molar-refractivity contribution in [2.24, 2.45) is 0 Å². The number of rotatable bonds is 0. The van der Waals surface area contributed by atoms with Crippen molar-refractivity contribution in [1.29, 1.82) is 0 Å². The number of aromatic nitrogens is 4. The fraction of sp³-hybridized carbons (Fsp3) is 0.326. The van der Waals surface area contributed by atoms with Gasteiger partial charge in [-0.05, 0) is 164 Å². The molecule has 0 saturated carbocycles. The van der Waals surface area contributed by atoms with Crippen LogP contribution in [0, 0.1) is 83.1 Å². The summed E-state index contributed by atoms with van der Waals surface area (Å²) < 4.78 is 5.08. The molecule has 0 aliphatic heterocycles. The van der Waals surface area contributed by atoms with Crippen LogP contribution in [0.1, 0.15) is 86.7 Å². The summed E-state index contributed by atoms with van der Waals surface area (Å²) in [5.41, 5.74) is 12.3. The van der Waals surface area contributed by atoms with Gasteiger partial charge in [0.25, 0.3) is 0 Å². The van der Waals surface area contributed by atoms with E-state index in [-0.39, 0.29) is 0 Å². The minimum Gasteiger partial charge on any atom is -0.467 e. The van der Waals surface area contributed by atoms with Crippen molar-refractivity contribution in [3.05, 3.63) is 181 Å². The van der Waals surface area contributed by atoms with Crippen LogP contribution in [0.3, 0.4) is 0 Å². The first kappa shape index (κ1) is 45.2. The van der Waals surface area contributed by atoms with Crippen molar-refractivity contribution in [3.8, 4) is 0 Å². The largest absolute Gasteiger partial charge is 0.467 e. The zero-order valence-corrected chi connectivity index (χ0v) is 35.0. The van der Waals surface area contributed by atoms with Crippen molar-refractivity contribution in [1.82, 2.24) is 20.2 Å². The Bertz CT molecular complexity index is 1550. The van der Waals surface area contributed by atoms with E-state index in [0.29, 0.717) is 0 Å². The number of benzene rings is 1. The van der Waals surface area contributed by atoms with Gasteiger partial charge in [0.15, 0.2) is 0 Å². The number of nitrogens with zero attached hydrogens (tertiary/aromatic N) is 3. The van der Waals surface area contributed by atoms with E-state index in [4.69, 9.17) is 4.42 Å². The van der Waals surface area contributed by atoms with Gasteiger partial charge in [-0.3, -0.25) is 4.98 Å². The number of hydrogen-bond donors (Lipinski definition) is 1. The highest BCUT2D eigenvalue weighted by Gasteiger charge is 1.95. The molecule has 6 aromatic rings. The number of thiophene rings is 1. The molecule has 278 valence electrons. The molecule has 1 aliphatic carbocycles. The van der Waals surface area contributed by atoms with Gasteiger partial charge in [0, 0.05) is 33.0 Å². The van der Waals surface area contributed by atoms with Crippen molar-refractivity contribution >= 4 is 11.3 Å². The Hall–Kier alpha value is -4.81. The van der Waals surface area contributed by atoms with E-state index < -0.39 is 0 Å². The molecule has 52 heavy (non-hydrogen) atoms. The van der Waals surface area contributed by atoms with Gasteiger partial charge in [-0.15, -0.1) is 11.3 Å². The minimum atomic E-state index is 0.968. The lowest BCUT2D eigenvalue weighted by Crippen LogP contribution is -1.86. The molecule has 1 N–H and O–H groups in total. The molecule has 1 aromatic carbocycles. The molecule has 5 aromatic heterocycles. The van der Waals surface area contributed by atoms with Crippen LogP contribution in [0.25, 0.3) is 0 Å². The topological polar surface area (TPSA) is 67.6 Å². The molecule has 7 rings (SSSR count). The Morgan fingerprint density at radius 1 is 0.462 bits per heavy atom. The van der Waals surface area contributed by atoms with E-state index in [1.54, 1.807) is 0 Å². The first-order valence-electron chi connectivity index (χ1n) is 17.7. The highest BCUT2D eigenvalue weighted by atomic mass is 32.1. The second-order valence-electron chi connectivity index (χ2n) is 13.3. The molecule has 0 bridgehead atoms. The van der Waals surface area contributed by atoms with E-state index in [1.807, 2.05) is 103 Å². The van der Waals surface area contributed by atoms with Crippen LogP contribution >= 0.6 is 11.3 Å². The van der Waals surface area contributed by atoms with Crippen LogP contribution in [-0.2, 0) is 0 Å². The predicted octanol–water partition coefficient (Wildman–Crippen LogP) is 13.3. The third-order valence-electron chi connectivity index (χ3n) is 7.15. The second kappa shape index (κ2) is 25.2. The first-order chi connectivity index (χ1) is 24.5. The van der Waals surface area contributed by atoms with Crippen molar-refractivity contribution in [2.45, 2.75) is 103 Å². The minimum absolute atomic E-state index is 0.968. The van der Waals surface area contributed by atoms with Crippen LogP contribution in [0.15, 0.2) is 119 Å². The van der Waals surface area contributed by atoms with Crippen molar-refractivity contribution < 1.29 is 4.42 Å². The molecular weight excluding hydrogens is 657 g/mol. The van der Waals surface area contributed by atoms with Crippen LogP contribution in [-0.4, -0.2) is 20.2 Å². The fourth-order valence-corrected chi connectivity index (χ4v) is 5.02. The lowest BCUT2D eigenvalue weighted by molar-refractivity contribution is 0.504. The monoisotopic (exact) mass is 718 g/mol. The van der Waals surface area contributed by atoms with E-state index in [2.05, 4.69) is 128 Å². The average molecular weight is 719 g/mol. The van der Waals surface area contributed by atoms with E-state index >= 15 is 0 Å². The lowest BCUT2D eigenvalue weighted by atomic mass is 10.2. The van der Waals surface area contributed by atoms with Gasteiger partial charge in [0.2, 0.25) is 0 Å². The number of pyridine rings is 1. The number of nitrogens with one attached hydrogen (secondary N) is 1. The second-order valence-corrected chi connectivity index (χ2v) is 14.8. The zero-order chi connectivity index (χ0) is 39.1. The molecule has 5 nitrogen and oxygen atoms in total. The van der Waals surface area contributed by atoms with Crippen LogP contribution in [0.4, 0.5) is 0 Å². The molecule has 0 radical (unpaired) electrons. The normalized spacial score (nSPS) is 10.7. The van der Waals surface area contributed by atoms with Crippen molar-refractivity contribution in [2.75, 3.05) is 0 Å². The predicted molar refractivity (Wildman–Crippen MR) is 226 cm³/mol. The van der Waals surface area contributed by atoms with Gasteiger partial charge in [0.1, 0.15) is 11.5 Å². The summed E-state index contributed by atoms with van der Waals surface area (Å²) in [6.45, 7) is 28.6. The molecule has 6 heteroatoms. The number of hydrogen-bond acceptors (Lipinski definition) is 5. The summed E-state index contributed by atoms with van der Waals surface area (Å²) in [7, 11) is 0. The molecule has 1 aliphatic rings. The molecular formula is C46H62N4OS. The zero-order valence-electron chi connectivity index (χ0n) is 34.2. The van der Waals surface area contributed by atoms with Gasteiger partial charge in [0.05, 0.1) is 11.4 Å². The van der Waals surface area contributed by atoms with Gasteiger partial charge >= 0.3 is 0 Å². The number of aryl methyl sites for hydroxylation is 12. The average Bonchev–Trinajstić information content (AvgIpc) is 3.89. The molecule has 0 atom stereocenters. The Labute approximate surface area is 319 Å². The summed E-state index contributed by atoms with van der Waals surface area (Å²) >= 11 is 1.84. The summed E-state index contributed by atoms with van der Waals surface area (Å²) in [6.07, 6.45) is 7.42. The van der Waals surface area contributed by atoms with Crippen molar-refractivity contribution in [3.63, 3.8) is 0 Å². The molecule has 0 saturated heterocycles. The number of H-pyrrole nitrogens is 1. The Balaban J connectivity index is 0.000000304. The standard InChI is InChI=1S/C8H10.C7H9N.C7H10.C6H8N2.C6H9N.C6H8O.C6H8S/c1-7-3-5-8(2)6-4-7;1-6-3-4-7(2)8-5-6;1-6-3-4-7(2)5-6;1-5-3-4-6(2)8-7-5;3*1-5-3-4-6(2)7-5/h3-6H,1-2H3;3-5H,1-2H3;3-4H,5H2,1-2H3;3-4H,1-2H3;3-4,7H,1-2H3;2*3-4H,1-2H3. The maximum atomic E-state index is 5.08. The molecule has 0 spiro atoms. The number of furan rings is 1. The van der Waals surface area contributed by atoms with Gasteiger partial charge in [-0.1, -0.05) is 64.8 Å². The highest BCUT2D eigenvalue weighted by Crippen LogP contribution is 2.16. The van der Waals surface area contributed by atoms with Gasteiger partial charge in [-0.2, -0.15) is 10.2 Å². The van der Waals surface area contributed by atoms with Crippen LogP contribution in [0.2, 0.25) is 0 Å². The van der Waals surface area contributed by atoms with E-state index in [0.717, 1.165) is 28.6 Å². The Kier molecular flexibility index (Phi) is 21.9. The number of aromatic amines is 1. The summed E-state index contributed by atoms with van der Waals surface area (Å²) in [4.78, 5) is 10.0. The summed E-state index contributed by atoms with van der Waals surface area (Å²) in [6, 6.07) is 28.8. The maximum absolute atomic E-state index is 5.08. The Morgan fingerprint density at radius 2 is 0.865 bits per heavy atom. The lowest BCUT2D eigenvalue weighted by Gasteiger charge is -1.90. The molecule has 0 unspecified atom stereocenters. The summed E-state index contributed by atoms with van der Waals surface area (Å²) in [5, 5.41) is 7.66. The molecule has 5 heterocycles. The van der Waals surface area contributed by atoms with Gasteiger partial charge in [-0.25, -0.2) is 0 Å². The first-order valence-corrected chi connectivity index (χ1v) is 18.5. The van der Waals surface area contributed by atoms with E-state index in [1.165, 1.54) is 55.4 Å². The van der Waals surface area contributed by atoms with E-state index in [9.17, 15) is 0 Å². The highest BCUT2D eigenvalue weighted by molar-refractivity contribution is 7.11. The molecule has 0 amide bonds. The molecule has 0 fully saturated rings. The van der Waals surface area contributed by atoms with Crippen LogP contribution in [0.5, 0.6) is 0 Å². The van der Waals surface area contributed by atoms with Gasteiger partial charge < -0.3 is 9.40 Å². The summed E-state index contributed by atoms with van der Waals surface area (Å²) in [5.74, 6) is 1.97. The maximum Gasteiger partial charge on any atom is 0.101 e. The smallest absolute Gasteiger partial charge is 0.101 e. The quantitative estimate of drug-likeness (QED) is 0.170. The number of allylic oxidation sites excluding steroid dienone is 4. The third kappa shape index (κ3) is 23.6. The SMILES string of the molecule is CC1=CC=C(C)C1.Cc1ccc(C)[nH]1.Cc1ccc(C)cc1.Cc1ccc(C)nc1.Cc1ccc(C)nn1.Cc1ccc(C)o1.Cc1ccc(C)s1. The van der Waals surface area contributed by atoms with Crippen LogP contribution < -0.4 is 0 Å². The fourth-order valence-electron chi connectivity index (χ4n) is 4.24.